The first-order valence-electron chi connectivity index (χ1n) is 8.70. The number of nitrogens with one attached hydrogen (secondary N) is 1. The number of likely N-dealkylation sites (N-methyl/N-ethyl adjacent to an activating group) is 1. The van der Waals surface area contributed by atoms with Crippen molar-refractivity contribution in [3.63, 3.8) is 0 Å². The second-order valence-corrected chi connectivity index (χ2v) is 7.09. The average Bonchev–Trinajstić information content (AvgIpc) is 3.46. The fourth-order valence-corrected chi connectivity index (χ4v) is 3.05. The van der Waals surface area contributed by atoms with Gasteiger partial charge in [-0.15, -0.1) is 0 Å². The highest BCUT2D eigenvalue weighted by molar-refractivity contribution is 6.30. The Hall–Kier alpha value is -2.40. The zero-order valence-electron chi connectivity index (χ0n) is 14.7. The molecule has 2 atom stereocenters. The Morgan fingerprint density at radius 2 is 1.81 bits per heavy atom. The van der Waals surface area contributed by atoms with E-state index < -0.39 is 0 Å². The zero-order valence-corrected chi connectivity index (χ0v) is 15.4. The summed E-state index contributed by atoms with van der Waals surface area (Å²) in [6.45, 7) is 1.09. The Labute approximate surface area is 158 Å². The third-order valence-electron chi connectivity index (χ3n) is 4.69. The Morgan fingerprint density at radius 3 is 2.50 bits per heavy atom. The van der Waals surface area contributed by atoms with E-state index in [-0.39, 0.29) is 23.7 Å². The van der Waals surface area contributed by atoms with Gasteiger partial charge in [-0.1, -0.05) is 23.7 Å². The molecule has 2 unspecified atom stereocenters. The molecule has 2 aromatic rings. The number of rotatable bonds is 7. The Morgan fingerprint density at radius 1 is 1.12 bits per heavy atom. The summed E-state index contributed by atoms with van der Waals surface area (Å²) in [5, 5.41) is 3.57. The number of aromatic nitrogens is 1. The first-order chi connectivity index (χ1) is 12.5. The highest BCUT2D eigenvalue weighted by Gasteiger charge is 2.48. The van der Waals surface area contributed by atoms with Crippen molar-refractivity contribution in [1.82, 2.24) is 15.2 Å². The number of hydrogen-bond donors (Lipinski definition) is 1. The largest absolute Gasteiger partial charge is 0.352 e. The van der Waals surface area contributed by atoms with E-state index in [1.807, 2.05) is 24.3 Å². The zero-order chi connectivity index (χ0) is 18.5. The number of halogens is 1. The number of carbonyl (C=O) groups excluding carboxylic acids is 2. The van der Waals surface area contributed by atoms with E-state index in [0.717, 1.165) is 17.5 Å². The highest BCUT2D eigenvalue weighted by atomic mass is 35.5. The summed E-state index contributed by atoms with van der Waals surface area (Å²) >= 11 is 5.85. The first kappa shape index (κ1) is 18.4. The van der Waals surface area contributed by atoms with Gasteiger partial charge in [-0.05, 0) is 48.2 Å². The van der Waals surface area contributed by atoms with Crippen molar-refractivity contribution in [2.45, 2.75) is 19.4 Å². The third-order valence-corrected chi connectivity index (χ3v) is 4.94. The van der Waals surface area contributed by atoms with Crippen LogP contribution in [0, 0.1) is 11.8 Å². The molecule has 1 aliphatic carbocycles. The minimum Gasteiger partial charge on any atom is -0.352 e. The van der Waals surface area contributed by atoms with Gasteiger partial charge in [0.05, 0.1) is 11.8 Å². The predicted octanol–water partition coefficient (Wildman–Crippen LogP) is 2.69. The van der Waals surface area contributed by atoms with Crippen molar-refractivity contribution in [3.8, 4) is 0 Å². The SMILES string of the molecule is CN(CCc1ccncc1)C(=O)C1CC1C(=O)NCc1ccc(Cl)cc1. The fourth-order valence-electron chi connectivity index (χ4n) is 2.92. The van der Waals surface area contributed by atoms with Crippen LogP contribution in [0.5, 0.6) is 0 Å². The topological polar surface area (TPSA) is 62.3 Å². The summed E-state index contributed by atoms with van der Waals surface area (Å²) in [5.74, 6) is -0.410. The molecular weight excluding hydrogens is 350 g/mol. The molecule has 1 aliphatic rings. The van der Waals surface area contributed by atoms with Gasteiger partial charge in [0, 0.05) is 37.6 Å². The molecule has 0 radical (unpaired) electrons. The van der Waals surface area contributed by atoms with Crippen LogP contribution in [0.3, 0.4) is 0 Å². The molecule has 1 aromatic heterocycles. The maximum Gasteiger partial charge on any atom is 0.226 e. The molecule has 1 fully saturated rings. The maximum absolute atomic E-state index is 12.5. The fraction of sp³-hybridized carbons (Fsp3) is 0.350. The summed E-state index contributed by atoms with van der Waals surface area (Å²) in [7, 11) is 1.80. The second-order valence-electron chi connectivity index (χ2n) is 6.66. The number of hydrogen-bond acceptors (Lipinski definition) is 3. The van der Waals surface area contributed by atoms with E-state index >= 15 is 0 Å². The molecule has 1 saturated carbocycles. The van der Waals surface area contributed by atoms with Crippen molar-refractivity contribution < 1.29 is 9.59 Å². The Kier molecular flexibility index (Phi) is 5.89. The second kappa shape index (κ2) is 8.32. The molecule has 1 aromatic carbocycles. The average molecular weight is 372 g/mol. The van der Waals surface area contributed by atoms with Crippen LogP contribution in [0.25, 0.3) is 0 Å². The molecule has 26 heavy (non-hydrogen) atoms. The molecule has 0 saturated heterocycles. The molecule has 136 valence electrons. The van der Waals surface area contributed by atoms with E-state index in [0.29, 0.717) is 24.5 Å². The number of nitrogens with zero attached hydrogens (tertiary/aromatic N) is 2. The first-order valence-corrected chi connectivity index (χ1v) is 9.08. The summed E-state index contributed by atoms with van der Waals surface area (Å²) in [6, 6.07) is 11.2. The van der Waals surface area contributed by atoms with Gasteiger partial charge < -0.3 is 10.2 Å². The van der Waals surface area contributed by atoms with Crippen molar-refractivity contribution in [1.29, 1.82) is 0 Å². The molecule has 3 rings (SSSR count). The van der Waals surface area contributed by atoms with E-state index in [2.05, 4.69) is 10.3 Å². The van der Waals surface area contributed by atoms with Crippen LogP contribution in [0.4, 0.5) is 0 Å². The number of pyridine rings is 1. The lowest BCUT2D eigenvalue weighted by Gasteiger charge is -2.17. The molecule has 6 heteroatoms. The van der Waals surface area contributed by atoms with Gasteiger partial charge in [-0.3, -0.25) is 14.6 Å². The van der Waals surface area contributed by atoms with E-state index in [1.165, 1.54) is 0 Å². The highest BCUT2D eigenvalue weighted by Crippen LogP contribution is 2.40. The maximum atomic E-state index is 12.5. The van der Waals surface area contributed by atoms with Crippen LogP contribution >= 0.6 is 11.6 Å². The molecule has 0 bridgehead atoms. The van der Waals surface area contributed by atoms with E-state index in [4.69, 9.17) is 11.6 Å². The van der Waals surface area contributed by atoms with E-state index in [9.17, 15) is 9.59 Å². The smallest absolute Gasteiger partial charge is 0.226 e. The van der Waals surface area contributed by atoms with Crippen molar-refractivity contribution in [2.24, 2.45) is 11.8 Å². The third kappa shape index (κ3) is 4.82. The van der Waals surface area contributed by atoms with Crippen LogP contribution in [0.2, 0.25) is 5.02 Å². The van der Waals surface area contributed by atoms with Crippen molar-refractivity contribution in [3.05, 3.63) is 64.9 Å². The van der Waals surface area contributed by atoms with Gasteiger partial charge in [0.2, 0.25) is 11.8 Å². The predicted molar refractivity (Wildman–Crippen MR) is 100 cm³/mol. The van der Waals surface area contributed by atoms with Crippen molar-refractivity contribution in [2.75, 3.05) is 13.6 Å². The standard InChI is InChI=1S/C20H22ClN3O2/c1-24(11-8-14-6-9-22-10-7-14)20(26)18-12-17(18)19(25)23-13-15-2-4-16(21)5-3-15/h2-7,9-10,17-18H,8,11-13H2,1H3,(H,23,25). The number of carbonyl (C=O) groups is 2. The lowest BCUT2D eigenvalue weighted by Crippen LogP contribution is -2.32. The molecule has 0 aliphatic heterocycles. The van der Waals surface area contributed by atoms with Crippen LogP contribution in [0.1, 0.15) is 17.5 Å². The van der Waals surface area contributed by atoms with Crippen LogP contribution in [-0.4, -0.2) is 35.3 Å². The summed E-state index contributed by atoms with van der Waals surface area (Å²) < 4.78 is 0. The Balaban J connectivity index is 1.42. The number of amides is 2. The van der Waals surface area contributed by atoms with Crippen LogP contribution in [0.15, 0.2) is 48.8 Å². The quantitative estimate of drug-likeness (QED) is 0.814. The van der Waals surface area contributed by atoms with Gasteiger partial charge in [0.25, 0.3) is 0 Å². The van der Waals surface area contributed by atoms with E-state index in [1.54, 1.807) is 36.5 Å². The van der Waals surface area contributed by atoms with Gasteiger partial charge >= 0.3 is 0 Å². The summed E-state index contributed by atoms with van der Waals surface area (Å²) in [6.07, 6.45) is 4.91. The molecule has 2 amide bonds. The molecule has 5 nitrogen and oxygen atoms in total. The normalized spacial score (nSPS) is 18.2. The lowest BCUT2D eigenvalue weighted by atomic mass is 10.2. The monoisotopic (exact) mass is 371 g/mol. The number of benzene rings is 1. The molecular formula is C20H22ClN3O2. The van der Waals surface area contributed by atoms with Crippen molar-refractivity contribution >= 4 is 23.4 Å². The van der Waals surface area contributed by atoms with Crippen LogP contribution < -0.4 is 5.32 Å². The van der Waals surface area contributed by atoms with Gasteiger partial charge in [0.15, 0.2) is 0 Å². The van der Waals surface area contributed by atoms with Gasteiger partial charge in [-0.2, -0.15) is 0 Å². The Bertz CT molecular complexity index is 764. The lowest BCUT2D eigenvalue weighted by molar-refractivity contribution is -0.133. The molecule has 0 spiro atoms. The molecule has 1 heterocycles. The van der Waals surface area contributed by atoms with Gasteiger partial charge in [-0.25, -0.2) is 0 Å². The van der Waals surface area contributed by atoms with Gasteiger partial charge in [0.1, 0.15) is 0 Å². The minimum absolute atomic E-state index is 0.0469. The minimum atomic E-state index is -0.210. The summed E-state index contributed by atoms with van der Waals surface area (Å²) in [4.78, 5) is 30.4. The summed E-state index contributed by atoms with van der Waals surface area (Å²) in [5.41, 5.74) is 2.13. The van der Waals surface area contributed by atoms with Crippen LogP contribution in [-0.2, 0) is 22.6 Å². The molecule has 1 N–H and O–H groups in total.